The van der Waals surface area contributed by atoms with E-state index in [1.54, 1.807) is 0 Å². The molecule has 12 heavy (non-hydrogen) atoms. The first-order valence-corrected chi connectivity index (χ1v) is 5.48. The van der Waals surface area contributed by atoms with E-state index in [1.807, 2.05) is 0 Å². The molecule has 0 spiro atoms. The first-order valence-electron chi connectivity index (χ1n) is 5.48. The average molecular weight is 169 g/mol. The van der Waals surface area contributed by atoms with Gasteiger partial charge in [-0.2, -0.15) is 0 Å². The molecule has 0 amide bonds. The molecule has 1 rings (SSSR count). The summed E-state index contributed by atoms with van der Waals surface area (Å²) in [5.41, 5.74) is 0. The van der Waals surface area contributed by atoms with Gasteiger partial charge >= 0.3 is 0 Å². The summed E-state index contributed by atoms with van der Waals surface area (Å²) in [6.45, 7) is 9.50. The van der Waals surface area contributed by atoms with Gasteiger partial charge in [-0.1, -0.05) is 19.8 Å². The van der Waals surface area contributed by atoms with Crippen LogP contribution in [0.5, 0.6) is 0 Å². The minimum Gasteiger partial charge on any atom is -0.301 e. The fourth-order valence-electron chi connectivity index (χ4n) is 1.67. The van der Waals surface area contributed by atoms with Gasteiger partial charge in [0, 0.05) is 6.04 Å². The van der Waals surface area contributed by atoms with Crippen molar-refractivity contribution in [1.29, 1.82) is 0 Å². The van der Waals surface area contributed by atoms with Gasteiger partial charge in [0.05, 0.1) is 0 Å². The summed E-state index contributed by atoms with van der Waals surface area (Å²) in [5, 5.41) is 0. The summed E-state index contributed by atoms with van der Waals surface area (Å²) in [7, 11) is 0. The molecule has 1 aliphatic carbocycles. The predicted molar refractivity (Wildman–Crippen MR) is 54.3 cm³/mol. The van der Waals surface area contributed by atoms with Crippen molar-refractivity contribution >= 4 is 0 Å². The van der Waals surface area contributed by atoms with Crippen molar-refractivity contribution in [2.75, 3.05) is 13.1 Å². The Labute approximate surface area is 77.1 Å². The van der Waals surface area contributed by atoms with Crippen LogP contribution in [0.2, 0.25) is 0 Å². The first-order chi connectivity index (χ1) is 5.74. The molecule has 1 saturated carbocycles. The van der Waals surface area contributed by atoms with Gasteiger partial charge in [-0.15, -0.1) is 0 Å². The molecule has 0 unspecified atom stereocenters. The molecule has 0 saturated heterocycles. The number of nitrogens with zero attached hydrogens (tertiary/aromatic N) is 1. The molecule has 0 aromatic heterocycles. The van der Waals surface area contributed by atoms with E-state index in [4.69, 9.17) is 0 Å². The maximum absolute atomic E-state index is 2.61. The summed E-state index contributed by atoms with van der Waals surface area (Å²) in [4.78, 5) is 2.61. The Morgan fingerprint density at radius 1 is 1.25 bits per heavy atom. The molecule has 0 aromatic carbocycles. The van der Waals surface area contributed by atoms with Gasteiger partial charge in [-0.25, -0.2) is 0 Å². The third kappa shape index (κ3) is 3.57. The Kier molecular flexibility index (Phi) is 4.07. The maximum Gasteiger partial charge on any atom is 0.00385 e. The summed E-state index contributed by atoms with van der Waals surface area (Å²) >= 11 is 0. The van der Waals surface area contributed by atoms with Crippen LogP contribution in [0.25, 0.3) is 0 Å². The quantitative estimate of drug-likeness (QED) is 0.591. The van der Waals surface area contributed by atoms with Crippen molar-refractivity contribution in [2.45, 2.75) is 52.5 Å². The Bertz CT molecular complexity index is 116. The van der Waals surface area contributed by atoms with Gasteiger partial charge < -0.3 is 4.90 Å². The Hall–Kier alpha value is -0.0400. The summed E-state index contributed by atoms with van der Waals surface area (Å²) in [6, 6.07) is 0.740. The van der Waals surface area contributed by atoms with E-state index in [-0.39, 0.29) is 0 Å². The smallest absolute Gasteiger partial charge is 0.00385 e. The highest BCUT2D eigenvalue weighted by Crippen LogP contribution is 2.32. The van der Waals surface area contributed by atoms with Gasteiger partial charge in [-0.3, -0.25) is 0 Å². The minimum atomic E-state index is 0.740. The van der Waals surface area contributed by atoms with Crippen molar-refractivity contribution in [3.63, 3.8) is 0 Å². The van der Waals surface area contributed by atoms with Gasteiger partial charge in [0.1, 0.15) is 0 Å². The van der Waals surface area contributed by atoms with Gasteiger partial charge in [0.2, 0.25) is 0 Å². The molecule has 0 atom stereocenters. The Morgan fingerprint density at radius 2 is 1.92 bits per heavy atom. The third-order valence-electron chi connectivity index (χ3n) is 2.76. The zero-order valence-electron chi connectivity index (χ0n) is 8.84. The van der Waals surface area contributed by atoms with Crippen LogP contribution in [0.15, 0.2) is 0 Å². The second-order valence-corrected chi connectivity index (χ2v) is 4.36. The Balaban J connectivity index is 2.11. The van der Waals surface area contributed by atoms with Crippen LogP contribution in [0, 0.1) is 5.92 Å². The molecule has 1 nitrogen and oxygen atoms in total. The van der Waals surface area contributed by atoms with Gasteiger partial charge in [0.15, 0.2) is 0 Å². The van der Waals surface area contributed by atoms with E-state index in [0.29, 0.717) is 0 Å². The molecular formula is C11H23N. The lowest BCUT2D eigenvalue weighted by atomic mass is 10.2. The highest BCUT2D eigenvalue weighted by molar-refractivity contribution is 4.75. The van der Waals surface area contributed by atoms with Crippen LogP contribution >= 0.6 is 0 Å². The van der Waals surface area contributed by atoms with E-state index in [0.717, 1.165) is 12.0 Å². The lowest BCUT2D eigenvalue weighted by Gasteiger charge is -2.25. The van der Waals surface area contributed by atoms with Crippen molar-refractivity contribution < 1.29 is 0 Å². The maximum atomic E-state index is 2.61. The van der Waals surface area contributed by atoms with Crippen molar-refractivity contribution in [1.82, 2.24) is 4.90 Å². The Morgan fingerprint density at radius 3 is 2.33 bits per heavy atom. The average Bonchev–Trinajstić information content (AvgIpc) is 2.80. The predicted octanol–water partition coefficient (Wildman–Crippen LogP) is 2.91. The van der Waals surface area contributed by atoms with Crippen molar-refractivity contribution in [2.24, 2.45) is 5.92 Å². The van der Waals surface area contributed by atoms with Crippen LogP contribution in [0.4, 0.5) is 0 Å². The third-order valence-corrected chi connectivity index (χ3v) is 2.76. The van der Waals surface area contributed by atoms with E-state index in [2.05, 4.69) is 25.7 Å². The summed E-state index contributed by atoms with van der Waals surface area (Å²) in [6.07, 6.45) is 5.73. The van der Waals surface area contributed by atoms with Crippen LogP contribution < -0.4 is 0 Å². The van der Waals surface area contributed by atoms with E-state index in [9.17, 15) is 0 Å². The highest BCUT2D eigenvalue weighted by atomic mass is 15.1. The lowest BCUT2D eigenvalue weighted by Crippen LogP contribution is -2.32. The first kappa shape index (κ1) is 10.0. The van der Waals surface area contributed by atoms with Crippen LogP contribution in [0.1, 0.15) is 46.5 Å². The molecule has 0 aromatic rings. The molecule has 0 bridgehead atoms. The fourth-order valence-corrected chi connectivity index (χ4v) is 1.67. The zero-order valence-corrected chi connectivity index (χ0v) is 8.84. The van der Waals surface area contributed by atoms with Crippen LogP contribution in [0.3, 0.4) is 0 Å². The van der Waals surface area contributed by atoms with E-state index >= 15 is 0 Å². The van der Waals surface area contributed by atoms with Crippen molar-refractivity contribution in [3.8, 4) is 0 Å². The normalized spacial score (nSPS) is 17.8. The fraction of sp³-hybridized carbons (Fsp3) is 1.00. The topological polar surface area (TPSA) is 3.24 Å². The standard InChI is InChI=1S/C11H23N/c1-4-8-12(10(2)3)9-7-11-5-6-11/h10-11H,4-9H2,1-3H3. The molecule has 0 heterocycles. The second kappa shape index (κ2) is 4.86. The summed E-state index contributed by atoms with van der Waals surface area (Å²) < 4.78 is 0. The second-order valence-electron chi connectivity index (χ2n) is 4.36. The van der Waals surface area contributed by atoms with Crippen LogP contribution in [-0.2, 0) is 0 Å². The molecular weight excluding hydrogens is 146 g/mol. The monoisotopic (exact) mass is 169 g/mol. The summed E-state index contributed by atoms with van der Waals surface area (Å²) in [5.74, 6) is 1.09. The van der Waals surface area contributed by atoms with E-state index in [1.165, 1.54) is 38.8 Å². The van der Waals surface area contributed by atoms with Crippen molar-refractivity contribution in [3.05, 3.63) is 0 Å². The molecule has 0 N–H and O–H groups in total. The number of hydrogen-bond donors (Lipinski definition) is 0. The van der Waals surface area contributed by atoms with Gasteiger partial charge in [-0.05, 0) is 45.7 Å². The lowest BCUT2D eigenvalue weighted by molar-refractivity contribution is 0.215. The zero-order chi connectivity index (χ0) is 8.97. The number of rotatable bonds is 6. The molecule has 1 aliphatic rings. The SMILES string of the molecule is CCCN(CCC1CC1)C(C)C. The molecule has 0 radical (unpaired) electrons. The molecule has 1 heteroatoms. The van der Waals surface area contributed by atoms with E-state index < -0.39 is 0 Å². The number of hydrogen-bond acceptors (Lipinski definition) is 1. The molecule has 0 aliphatic heterocycles. The van der Waals surface area contributed by atoms with Crippen LogP contribution in [-0.4, -0.2) is 24.0 Å². The highest BCUT2D eigenvalue weighted by Gasteiger charge is 2.22. The minimum absolute atomic E-state index is 0.740. The van der Waals surface area contributed by atoms with Gasteiger partial charge in [0.25, 0.3) is 0 Å². The molecule has 72 valence electrons. The molecule has 1 fully saturated rings. The largest absolute Gasteiger partial charge is 0.301 e.